The molecule has 1 atom stereocenters. The second-order valence-electron chi connectivity index (χ2n) is 6.14. The minimum absolute atomic E-state index is 0.611. The molecule has 1 aliphatic rings. The van der Waals surface area contributed by atoms with Crippen LogP contribution in [0.2, 0.25) is 0 Å². The first-order chi connectivity index (χ1) is 11.1. The van der Waals surface area contributed by atoms with E-state index < -0.39 is 0 Å². The lowest BCUT2D eigenvalue weighted by atomic mass is 10.1. The summed E-state index contributed by atoms with van der Waals surface area (Å²) >= 11 is 0. The molecule has 0 bridgehead atoms. The van der Waals surface area contributed by atoms with Crippen molar-refractivity contribution in [2.45, 2.75) is 19.8 Å². The first-order valence-electron chi connectivity index (χ1n) is 8.27. The summed E-state index contributed by atoms with van der Waals surface area (Å²) in [7, 11) is 5.63. The van der Waals surface area contributed by atoms with Crippen LogP contribution >= 0.6 is 0 Å². The molecule has 0 radical (unpaired) electrons. The van der Waals surface area contributed by atoms with Gasteiger partial charge in [-0.3, -0.25) is 4.99 Å². The highest BCUT2D eigenvalue weighted by Crippen LogP contribution is 2.19. The number of aryl methyl sites for hydroxylation is 1. The summed E-state index contributed by atoms with van der Waals surface area (Å²) in [5.41, 5.74) is 2.43. The topological polar surface area (TPSA) is 46.1 Å². The summed E-state index contributed by atoms with van der Waals surface area (Å²) in [4.78, 5) is 6.56. The Balaban J connectivity index is 1.81. The number of guanidine groups is 1. The van der Waals surface area contributed by atoms with Crippen molar-refractivity contribution in [3.63, 3.8) is 0 Å². The maximum atomic E-state index is 5.44. The molecule has 1 unspecified atom stereocenters. The Morgan fingerprint density at radius 3 is 2.96 bits per heavy atom. The summed E-state index contributed by atoms with van der Waals surface area (Å²) in [6.07, 6.45) is 2.08. The zero-order chi connectivity index (χ0) is 16.7. The smallest absolute Gasteiger partial charge is 0.193 e. The maximum absolute atomic E-state index is 5.44. The first-order valence-corrected chi connectivity index (χ1v) is 8.27. The molecule has 0 saturated carbocycles. The molecule has 1 fully saturated rings. The van der Waals surface area contributed by atoms with Crippen molar-refractivity contribution in [3.8, 4) is 5.75 Å². The van der Waals surface area contributed by atoms with E-state index in [4.69, 9.17) is 9.47 Å². The molecule has 128 valence electrons. The van der Waals surface area contributed by atoms with Crippen molar-refractivity contribution in [2.75, 3.05) is 47.5 Å². The number of ether oxygens (including phenoxy) is 2. The third-order valence-electron chi connectivity index (χ3n) is 4.30. The molecule has 1 heterocycles. The Bertz CT molecular complexity index is 525. The van der Waals surface area contributed by atoms with Crippen LogP contribution in [0.3, 0.4) is 0 Å². The zero-order valence-corrected chi connectivity index (χ0v) is 14.8. The van der Waals surface area contributed by atoms with E-state index in [0.717, 1.165) is 50.9 Å². The van der Waals surface area contributed by atoms with E-state index in [1.807, 2.05) is 7.05 Å². The molecule has 0 aromatic heterocycles. The highest BCUT2D eigenvalue weighted by atomic mass is 16.5. The molecule has 5 nitrogen and oxygen atoms in total. The SMILES string of the molecule is CN=C(NCCc1ccc(C)c(OC)c1)N(C)CC1CCOC1. The van der Waals surface area contributed by atoms with Crippen molar-refractivity contribution in [1.29, 1.82) is 0 Å². The Morgan fingerprint density at radius 1 is 1.48 bits per heavy atom. The van der Waals surface area contributed by atoms with E-state index in [2.05, 4.69) is 47.4 Å². The molecular weight excluding hydrogens is 290 g/mol. The summed E-state index contributed by atoms with van der Waals surface area (Å²) in [6, 6.07) is 6.37. The molecule has 0 amide bonds. The lowest BCUT2D eigenvalue weighted by Crippen LogP contribution is -2.42. The van der Waals surface area contributed by atoms with Gasteiger partial charge in [0.15, 0.2) is 5.96 Å². The molecule has 0 spiro atoms. The maximum Gasteiger partial charge on any atom is 0.193 e. The minimum atomic E-state index is 0.611. The number of rotatable bonds is 6. The molecule has 1 aromatic rings. The predicted molar refractivity (Wildman–Crippen MR) is 94.4 cm³/mol. The quantitative estimate of drug-likeness (QED) is 0.644. The van der Waals surface area contributed by atoms with Crippen molar-refractivity contribution in [1.82, 2.24) is 10.2 Å². The average molecular weight is 319 g/mol. The van der Waals surface area contributed by atoms with Crippen LogP contribution in [-0.2, 0) is 11.2 Å². The van der Waals surface area contributed by atoms with Gasteiger partial charge in [0.05, 0.1) is 13.7 Å². The van der Waals surface area contributed by atoms with Gasteiger partial charge >= 0.3 is 0 Å². The van der Waals surface area contributed by atoms with Crippen LogP contribution in [0.5, 0.6) is 5.75 Å². The lowest BCUT2D eigenvalue weighted by Gasteiger charge is -2.24. The van der Waals surface area contributed by atoms with Crippen LogP contribution in [-0.4, -0.2) is 58.4 Å². The number of nitrogens with zero attached hydrogens (tertiary/aromatic N) is 2. The van der Waals surface area contributed by atoms with Crippen molar-refractivity contribution in [3.05, 3.63) is 29.3 Å². The Kier molecular flexibility index (Phi) is 6.71. The number of hydrogen-bond donors (Lipinski definition) is 1. The van der Waals surface area contributed by atoms with Gasteiger partial charge in [-0.2, -0.15) is 0 Å². The standard InChI is InChI=1S/C18H29N3O2/c1-14-5-6-15(11-17(14)22-4)7-9-20-18(19-2)21(3)12-16-8-10-23-13-16/h5-6,11,16H,7-10,12-13H2,1-4H3,(H,19,20). The van der Waals surface area contributed by atoms with Gasteiger partial charge < -0.3 is 19.7 Å². The lowest BCUT2D eigenvalue weighted by molar-refractivity contribution is 0.181. The third kappa shape index (κ3) is 5.13. The molecule has 0 aliphatic carbocycles. The van der Waals surface area contributed by atoms with Crippen molar-refractivity contribution >= 4 is 5.96 Å². The molecule has 1 N–H and O–H groups in total. The van der Waals surface area contributed by atoms with Crippen LogP contribution in [0.1, 0.15) is 17.5 Å². The Labute approximate surface area is 139 Å². The van der Waals surface area contributed by atoms with Gasteiger partial charge in [0, 0.05) is 39.7 Å². The number of aliphatic imine (C=N–C) groups is 1. The highest BCUT2D eigenvalue weighted by molar-refractivity contribution is 5.79. The van der Waals surface area contributed by atoms with Crippen LogP contribution in [0.4, 0.5) is 0 Å². The van der Waals surface area contributed by atoms with Gasteiger partial charge in [0.25, 0.3) is 0 Å². The van der Waals surface area contributed by atoms with Gasteiger partial charge in [-0.05, 0) is 37.0 Å². The largest absolute Gasteiger partial charge is 0.496 e. The van der Waals surface area contributed by atoms with Gasteiger partial charge in [0.2, 0.25) is 0 Å². The van der Waals surface area contributed by atoms with Crippen molar-refractivity contribution < 1.29 is 9.47 Å². The van der Waals surface area contributed by atoms with E-state index in [1.54, 1.807) is 7.11 Å². The fourth-order valence-electron chi connectivity index (χ4n) is 2.92. The molecule has 1 saturated heterocycles. The second-order valence-corrected chi connectivity index (χ2v) is 6.14. The number of nitrogens with one attached hydrogen (secondary N) is 1. The van der Waals surface area contributed by atoms with Crippen LogP contribution in [0.15, 0.2) is 23.2 Å². The highest BCUT2D eigenvalue weighted by Gasteiger charge is 2.18. The van der Waals surface area contributed by atoms with Gasteiger partial charge in [-0.1, -0.05) is 12.1 Å². The summed E-state index contributed by atoms with van der Waals surface area (Å²) in [5, 5.41) is 3.44. The van der Waals surface area contributed by atoms with Gasteiger partial charge in [-0.25, -0.2) is 0 Å². The van der Waals surface area contributed by atoms with Gasteiger partial charge in [0.1, 0.15) is 5.75 Å². The number of methoxy groups -OCH3 is 1. The normalized spacial score (nSPS) is 18.1. The second kappa shape index (κ2) is 8.77. The molecule has 1 aliphatic heterocycles. The van der Waals surface area contributed by atoms with Crippen molar-refractivity contribution in [2.24, 2.45) is 10.9 Å². The molecule has 5 heteroatoms. The van der Waals surface area contributed by atoms with E-state index >= 15 is 0 Å². The zero-order valence-electron chi connectivity index (χ0n) is 14.8. The van der Waals surface area contributed by atoms with Gasteiger partial charge in [-0.15, -0.1) is 0 Å². The fraction of sp³-hybridized carbons (Fsp3) is 0.611. The summed E-state index contributed by atoms with van der Waals surface area (Å²) < 4.78 is 10.8. The molecular formula is C18H29N3O2. The first kappa shape index (κ1) is 17.6. The van der Waals surface area contributed by atoms with Crippen LogP contribution in [0, 0.1) is 12.8 Å². The van der Waals surface area contributed by atoms with E-state index in [9.17, 15) is 0 Å². The number of hydrogen-bond acceptors (Lipinski definition) is 3. The van der Waals surface area contributed by atoms with Crippen LogP contribution < -0.4 is 10.1 Å². The molecule has 2 rings (SSSR count). The van der Waals surface area contributed by atoms with Crippen LogP contribution in [0.25, 0.3) is 0 Å². The average Bonchev–Trinajstić information content (AvgIpc) is 3.05. The monoisotopic (exact) mass is 319 g/mol. The number of benzene rings is 1. The minimum Gasteiger partial charge on any atom is -0.496 e. The van der Waals surface area contributed by atoms with E-state index in [0.29, 0.717) is 5.92 Å². The summed E-state index contributed by atoms with van der Waals surface area (Å²) in [5.74, 6) is 2.50. The summed E-state index contributed by atoms with van der Waals surface area (Å²) in [6.45, 7) is 5.65. The predicted octanol–water partition coefficient (Wildman–Crippen LogP) is 2.09. The molecule has 23 heavy (non-hydrogen) atoms. The third-order valence-corrected chi connectivity index (χ3v) is 4.30. The van der Waals surface area contributed by atoms with E-state index in [1.165, 1.54) is 11.1 Å². The Hall–Kier alpha value is -1.75. The van der Waals surface area contributed by atoms with E-state index in [-0.39, 0.29) is 0 Å². The Morgan fingerprint density at radius 2 is 2.30 bits per heavy atom. The molecule has 1 aromatic carbocycles. The fourth-order valence-corrected chi connectivity index (χ4v) is 2.92.